The predicted octanol–water partition coefficient (Wildman–Crippen LogP) is 4.08. The Morgan fingerprint density at radius 2 is 1.94 bits per heavy atom. The van der Waals surface area contributed by atoms with Crippen molar-refractivity contribution in [3.05, 3.63) is 52.2 Å². The van der Waals surface area contributed by atoms with Crippen LogP contribution in [0.2, 0.25) is 0 Å². The molecule has 172 valence electrons. The fourth-order valence-electron chi connectivity index (χ4n) is 3.59. The van der Waals surface area contributed by atoms with Crippen molar-refractivity contribution in [2.45, 2.75) is 44.0 Å². The molecular weight excluding hydrogens is 543 g/mol. The molecule has 1 aromatic carbocycles. The van der Waals surface area contributed by atoms with Crippen molar-refractivity contribution in [3.8, 4) is 0 Å². The molecule has 2 heterocycles. The van der Waals surface area contributed by atoms with Crippen LogP contribution in [0.25, 0.3) is 0 Å². The van der Waals surface area contributed by atoms with E-state index in [1.807, 2.05) is 12.1 Å². The second-order valence-corrected chi connectivity index (χ2v) is 10.8. The molecular formula is C22H33IN4O2S2. The Kier molecular flexibility index (Phi) is 10.7. The number of nitrogens with one attached hydrogen (secondary N) is 2. The first-order chi connectivity index (χ1) is 14.5. The number of thiophene rings is 1. The van der Waals surface area contributed by atoms with E-state index < -0.39 is 10.0 Å². The summed E-state index contributed by atoms with van der Waals surface area (Å²) in [6, 6.07) is 11.5. The Morgan fingerprint density at radius 3 is 2.61 bits per heavy atom. The minimum absolute atomic E-state index is 0. The summed E-state index contributed by atoms with van der Waals surface area (Å²) in [5.74, 6) is 1.21. The number of hydrogen-bond acceptors (Lipinski definition) is 4. The normalized spacial score (nSPS) is 16.4. The highest BCUT2D eigenvalue weighted by atomic mass is 127. The van der Waals surface area contributed by atoms with Crippen LogP contribution < -0.4 is 10.6 Å². The molecule has 1 saturated heterocycles. The van der Waals surface area contributed by atoms with Gasteiger partial charge in [-0.15, -0.1) is 35.3 Å². The van der Waals surface area contributed by atoms with Crippen LogP contribution in [0.1, 0.15) is 36.6 Å². The molecule has 31 heavy (non-hydrogen) atoms. The van der Waals surface area contributed by atoms with Gasteiger partial charge in [-0.25, -0.2) is 8.42 Å². The van der Waals surface area contributed by atoms with Crippen molar-refractivity contribution in [2.24, 2.45) is 10.9 Å². The minimum Gasteiger partial charge on any atom is -0.356 e. The lowest BCUT2D eigenvalue weighted by atomic mass is 10.1. The lowest BCUT2D eigenvalue weighted by molar-refractivity contribution is 0.346. The van der Waals surface area contributed by atoms with E-state index in [0.29, 0.717) is 30.4 Å². The molecule has 0 radical (unpaired) electrons. The SMILES string of the molecule is CN=C(NCc1cccc(S(=O)(=O)N2CCCCC2)c1)NCC(C)Cc1cccs1.I. The lowest BCUT2D eigenvalue weighted by Crippen LogP contribution is -2.39. The predicted molar refractivity (Wildman–Crippen MR) is 140 cm³/mol. The van der Waals surface area contributed by atoms with E-state index in [2.05, 4.69) is 40.1 Å². The third-order valence-corrected chi connectivity index (χ3v) is 8.08. The third kappa shape index (κ3) is 7.73. The molecule has 1 unspecified atom stereocenters. The molecule has 0 saturated carbocycles. The Labute approximate surface area is 207 Å². The van der Waals surface area contributed by atoms with Crippen molar-refractivity contribution in [2.75, 3.05) is 26.7 Å². The van der Waals surface area contributed by atoms with Gasteiger partial charge in [0, 0.05) is 38.1 Å². The molecule has 6 nitrogen and oxygen atoms in total. The quantitative estimate of drug-likeness (QED) is 0.282. The molecule has 1 aliphatic rings. The van der Waals surface area contributed by atoms with Crippen LogP contribution >= 0.6 is 35.3 Å². The lowest BCUT2D eigenvalue weighted by Gasteiger charge is -2.26. The summed E-state index contributed by atoms with van der Waals surface area (Å²) < 4.78 is 27.4. The van der Waals surface area contributed by atoms with Gasteiger partial charge in [0.05, 0.1) is 4.90 Å². The summed E-state index contributed by atoms with van der Waals surface area (Å²) in [7, 11) is -1.67. The van der Waals surface area contributed by atoms with Crippen molar-refractivity contribution < 1.29 is 8.42 Å². The number of piperidine rings is 1. The molecule has 2 N–H and O–H groups in total. The largest absolute Gasteiger partial charge is 0.356 e. The van der Waals surface area contributed by atoms with Gasteiger partial charge in [0.25, 0.3) is 0 Å². The Balaban J connectivity index is 0.00000341. The monoisotopic (exact) mass is 576 g/mol. The van der Waals surface area contributed by atoms with Crippen LogP contribution in [0, 0.1) is 5.92 Å². The van der Waals surface area contributed by atoms with Crippen LogP contribution in [0.3, 0.4) is 0 Å². The highest BCUT2D eigenvalue weighted by Gasteiger charge is 2.25. The van der Waals surface area contributed by atoms with E-state index in [9.17, 15) is 8.42 Å². The van der Waals surface area contributed by atoms with Gasteiger partial charge in [0.2, 0.25) is 10.0 Å². The van der Waals surface area contributed by atoms with Gasteiger partial charge < -0.3 is 10.6 Å². The first kappa shape index (κ1) is 26.1. The zero-order valence-corrected chi connectivity index (χ0v) is 22.2. The number of aliphatic imine (C=N–C) groups is 1. The minimum atomic E-state index is -3.41. The van der Waals surface area contributed by atoms with Crippen LogP contribution in [0.4, 0.5) is 0 Å². The maximum atomic E-state index is 12.9. The Hall–Kier alpha value is -1.17. The molecule has 1 aliphatic heterocycles. The van der Waals surface area contributed by atoms with Crippen LogP contribution in [-0.2, 0) is 23.0 Å². The second-order valence-electron chi connectivity index (χ2n) is 7.81. The molecule has 0 amide bonds. The maximum absolute atomic E-state index is 12.9. The fourth-order valence-corrected chi connectivity index (χ4v) is 6.05. The topological polar surface area (TPSA) is 73.8 Å². The third-order valence-electron chi connectivity index (χ3n) is 5.28. The molecule has 0 spiro atoms. The summed E-state index contributed by atoms with van der Waals surface area (Å²) in [6.07, 6.45) is 4.02. The number of hydrogen-bond donors (Lipinski definition) is 2. The first-order valence-corrected chi connectivity index (χ1v) is 12.9. The maximum Gasteiger partial charge on any atom is 0.243 e. The van der Waals surface area contributed by atoms with Gasteiger partial charge >= 0.3 is 0 Å². The zero-order chi connectivity index (χ0) is 21.4. The molecule has 1 aromatic heterocycles. The first-order valence-electron chi connectivity index (χ1n) is 10.5. The average molecular weight is 577 g/mol. The number of nitrogens with zero attached hydrogens (tertiary/aromatic N) is 2. The average Bonchev–Trinajstić information content (AvgIpc) is 3.27. The number of rotatable bonds is 8. The number of sulfonamides is 1. The van der Waals surface area contributed by atoms with E-state index in [4.69, 9.17) is 0 Å². The molecule has 0 aliphatic carbocycles. The summed E-state index contributed by atoms with van der Waals surface area (Å²) >= 11 is 1.79. The molecule has 1 atom stereocenters. The van der Waals surface area contributed by atoms with E-state index in [-0.39, 0.29) is 24.0 Å². The number of guanidine groups is 1. The van der Waals surface area contributed by atoms with E-state index >= 15 is 0 Å². The van der Waals surface area contributed by atoms with E-state index in [1.165, 1.54) is 4.88 Å². The van der Waals surface area contributed by atoms with Crippen LogP contribution in [0.5, 0.6) is 0 Å². The summed E-state index contributed by atoms with van der Waals surface area (Å²) in [5.41, 5.74) is 0.919. The van der Waals surface area contributed by atoms with Gasteiger partial charge in [-0.05, 0) is 54.3 Å². The van der Waals surface area contributed by atoms with Crippen LogP contribution in [-0.4, -0.2) is 45.4 Å². The van der Waals surface area contributed by atoms with Gasteiger partial charge in [0.15, 0.2) is 5.96 Å². The van der Waals surface area contributed by atoms with Crippen molar-refractivity contribution in [1.82, 2.24) is 14.9 Å². The second kappa shape index (κ2) is 12.8. The highest BCUT2D eigenvalue weighted by molar-refractivity contribution is 14.0. The zero-order valence-electron chi connectivity index (χ0n) is 18.2. The van der Waals surface area contributed by atoms with E-state index in [1.54, 1.807) is 34.8 Å². The van der Waals surface area contributed by atoms with Crippen molar-refractivity contribution >= 4 is 51.3 Å². The summed E-state index contributed by atoms with van der Waals surface area (Å²) in [4.78, 5) is 6.05. The molecule has 2 aromatic rings. The van der Waals surface area contributed by atoms with Crippen molar-refractivity contribution in [1.29, 1.82) is 0 Å². The molecule has 9 heteroatoms. The van der Waals surface area contributed by atoms with Crippen molar-refractivity contribution in [3.63, 3.8) is 0 Å². The van der Waals surface area contributed by atoms with Gasteiger partial charge in [-0.1, -0.05) is 31.5 Å². The smallest absolute Gasteiger partial charge is 0.243 e. The number of halogens is 1. The summed E-state index contributed by atoms with van der Waals surface area (Å²) in [6.45, 7) is 4.79. The molecule has 3 rings (SSSR count). The fraction of sp³-hybridized carbons (Fsp3) is 0.500. The Bertz CT molecular complexity index is 927. The summed E-state index contributed by atoms with van der Waals surface area (Å²) in [5, 5.41) is 8.76. The van der Waals surface area contributed by atoms with E-state index in [0.717, 1.165) is 43.8 Å². The number of benzene rings is 1. The van der Waals surface area contributed by atoms with Gasteiger partial charge in [-0.2, -0.15) is 4.31 Å². The van der Waals surface area contributed by atoms with Gasteiger partial charge in [0.1, 0.15) is 0 Å². The molecule has 1 fully saturated rings. The standard InChI is InChI=1S/C22H32N4O2S2.HI/c1-18(14-20-9-7-13-29-20)16-24-22(23-2)25-17-19-8-6-10-21(15-19)30(27,28)26-11-4-3-5-12-26;/h6-10,13,15,18H,3-5,11-12,14,16-17H2,1-2H3,(H2,23,24,25);1H. The van der Waals surface area contributed by atoms with Crippen LogP contribution in [0.15, 0.2) is 51.7 Å². The highest BCUT2D eigenvalue weighted by Crippen LogP contribution is 2.21. The Morgan fingerprint density at radius 1 is 1.16 bits per heavy atom. The van der Waals surface area contributed by atoms with Gasteiger partial charge in [-0.3, -0.25) is 4.99 Å². The molecule has 0 bridgehead atoms.